The molecule has 0 unspecified atom stereocenters. The molecule has 1 N–H and O–H groups in total. The van der Waals surface area contributed by atoms with Crippen molar-refractivity contribution in [1.29, 1.82) is 0 Å². The van der Waals surface area contributed by atoms with Crippen molar-refractivity contribution in [1.82, 2.24) is 5.32 Å². The van der Waals surface area contributed by atoms with Gasteiger partial charge in [-0.25, -0.2) is 9.69 Å². The SMILES string of the molecule is COc1c(Cl)cc(C=C2C(=O)NC(=O)N(c3ccc(C)cc3)C2=O)cc1Cl. The quantitative estimate of drug-likeness (QED) is 0.619. The molecule has 1 aliphatic heterocycles. The zero-order chi connectivity index (χ0) is 19.7. The molecular weight excluding hydrogens is 391 g/mol. The van der Waals surface area contributed by atoms with Crippen LogP contribution in [0.25, 0.3) is 6.08 Å². The van der Waals surface area contributed by atoms with E-state index >= 15 is 0 Å². The fourth-order valence-corrected chi connectivity index (χ4v) is 3.27. The lowest BCUT2D eigenvalue weighted by Crippen LogP contribution is -2.54. The molecule has 1 heterocycles. The first-order valence-corrected chi connectivity index (χ1v) is 8.58. The number of ether oxygens (including phenoxy) is 1. The van der Waals surface area contributed by atoms with Crippen molar-refractivity contribution in [3.05, 3.63) is 63.1 Å². The second kappa shape index (κ2) is 7.42. The van der Waals surface area contributed by atoms with E-state index in [1.807, 2.05) is 6.92 Å². The molecule has 0 aliphatic carbocycles. The van der Waals surface area contributed by atoms with E-state index in [9.17, 15) is 14.4 Å². The molecule has 2 aromatic carbocycles. The molecule has 3 rings (SSSR count). The van der Waals surface area contributed by atoms with Crippen LogP contribution in [-0.4, -0.2) is 25.0 Å². The van der Waals surface area contributed by atoms with Gasteiger partial charge in [0, 0.05) is 0 Å². The van der Waals surface area contributed by atoms with Crippen LogP contribution in [0.3, 0.4) is 0 Å². The fraction of sp³-hybridized carbons (Fsp3) is 0.105. The minimum absolute atomic E-state index is 0.215. The van der Waals surface area contributed by atoms with Gasteiger partial charge in [0.25, 0.3) is 11.8 Å². The Morgan fingerprint density at radius 2 is 1.63 bits per heavy atom. The first kappa shape index (κ1) is 18.9. The van der Waals surface area contributed by atoms with Gasteiger partial charge in [-0.2, -0.15) is 0 Å². The Balaban J connectivity index is 2.03. The number of benzene rings is 2. The smallest absolute Gasteiger partial charge is 0.335 e. The van der Waals surface area contributed by atoms with E-state index in [4.69, 9.17) is 27.9 Å². The lowest BCUT2D eigenvalue weighted by molar-refractivity contribution is -0.122. The maximum atomic E-state index is 12.8. The van der Waals surface area contributed by atoms with Gasteiger partial charge >= 0.3 is 6.03 Å². The van der Waals surface area contributed by atoms with E-state index in [-0.39, 0.29) is 21.4 Å². The predicted molar refractivity (Wildman–Crippen MR) is 103 cm³/mol. The second-order valence-corrected chi connectivity index (χ2v) is 6.63. The zero-order valence-electron chi connectivity index (χ0n) is 14.4. The van der Waals surface area contributed by atoms with E-state index < -0.39 is 17.8 Å². The Labute approximate surface area is 165 Å². The van der Waals surface area contributed by atoms with E-state index in [0.29, 0.717) is 11.3 Å². The molecule has 0 saturated carbocycles. The molecule has 138 valence electrons. The summed E-state index contributed by atoms with van der Waals surface area (Å²) in [5.41, 5.74) is 1.53. The van der Waals surface area contributed by atoms with Gasteiger partial charge in [-0.05, 0) is 42.8 Å². The number of nitrogens with zero attached hydrogens (tertiary/aromatic N) is 1. The summed E-state index contributed by atoms with van der Waals surface area (Å²) < 4.78 is 5.08. The van der Waals surface area contributed by atoms with E-state index in [0.717, 1.165) is 10.5 Å². The summed E-state index contributed by atoms with van der Waals surface area (Å²) in [6.07, 6.45) is 1.32. The summed E-state index contributed by atoms with van der Waals surface area (Å²) in [6.45, 7) is 1.88. The monoisotopic (exact) mass is 404 g/mol. The predicted octanol–water partition coefficient (Wildman–Crippen LogP) is 3.98. The number of imide groups is 2. The number of carbonyl (C=O) groups is 3. The Hall–Kier alpha value is -2.83. The molecule has 1 saturated heterocycles. The van der Waals surface area contributed by atoms with Crippen molar-refractivity contribution in [3.8, 4) is 5.75 Å². The number of urea groups is 1. The number of halogens is 2. The van der Waals surface area contributed by atoms with Crippen molar-refractivity contribution in [2.45, 2.75) is 6.92 Å². The van der Waals surface area contributed by atoms with Gasteiger partial charge in [-0.1, -0.05) is 40.9 Å². The zero-order valence-corrected chi connectivity index (χ0v) is 15.9. The summed E-state index contributed by atoms with van der Waals surface area (Å²) in [5, 5.41) is 2.62. The molecule has 0 spiro atoms. The number of rotatable bonds is 3. The van der Waals surface area contributed by atoms with Gasteiger partial charge in [-0.15, -0.1) is 0 Å². The number of aryl methyl sites for hydroxylation is 1. The molecule has 0 aromatic heterocycles. The molecular formula is C19H14Cl2N2O4. The van der Waals surface area contributed by atoms with Gasteiger partial charge in [-0.3, -0.25) is 14.9 Å². The average molecular weight is 405 g/mol. The molecule has 2 aromatic rings. The van der Waals surface area contributed by atoms with E-state index in [1.54, 1.807) is 24.3 Å². The molecule has 6 nitrogen and oxygen atoms in total. The van der Waals surface area contributed by atoms with Gasteiger partial charge in [0.2, 0.25) is 0 Å². The molecule has 0 bridgehead atoms. The summed E-state index contributed by atoms with van der Waals surface area (Å²) in [5.74, 6) is -1.25. The fourth-order valence-electron chi connectivity index (χ4n) is 2.61. The van der Waals surface area contributed by atoms with Crippen LogP contribution in [0.2, 0.25) is 10.0 Å². The van der Waals surface area contributed by atoms with Crippen LogP contribution in [0, 0.1) is 6.92 Å². The van der Waals surface area contributed by atoms with Gasteiger partial charge in [0.1, 0.15) is 5.57 Å². The third-order valence-electron chi connectivity index (χ3n) is 3.93. The molecule has 1 aliphatic rings. The van der Waals surface area contributed by atoms with Crippen LogP contribution < -0.4 is 15.0 Å². The number of methoxy groups -OCH3 is 1. The Kier molecular flexibility index (Phi) is 5.21. The minimum atomic E-state index is -0.809. The Morgan fingerprint density at radius 3 is 2.19 bits per heavy atom. The van der Waals surface area contributed by atoms with Crippen molar-refractivity contribution < 1.29 is 19.1 Å². The second-order valence-electron chi connectivity index (χ2n) is 5.81. The summed E-state index contributed by atoms with van der Waals surface area (Å²) in [7, 11) is 1.43. The number of hydrogen-bond donors (Lipinski definition) is 1. The molecule has 0 radical (unpaired) electrons. The number of nitrogens with one attached hydrogen (secondary N) is 1. The molecule has 4 amide bonds. The largest absolute Gasteiger partial charge is 0.494 e. The first-order valence-electron chi connectivity index (χ1n) is 7.83. The number of carbonyl (C=O) groups excluding carboxylic acids is 3. The highest BCUT2D eigenvalue weighted by Gasteiger charge is 2.36. The highest BCUT2D eigenvalue weighted by Crippen LogP contribution is 2.34. The molecule has 8 heteroatoms. The number of hydrogen-bond acceptors (Lipinski definition) is 4. The minimum Gasteiger partial charge on any atom is -0.494 e. The highest BCUT2D eigenvalue weighted by atomic mass is 35.5. The Morgan fingerprint density at radius 1 is 1.04 bits per heavy atom. The van der Waals surface area contributed by atoms with Crippen LogP contribution >= 0.6 is 23.2 Å². The molecule has 1 fully saturated rings. The molecule has 27 heavy (non-hydrogen) atoms. The third-order valence-corrected chi connectivity index (χ3v) is 4.49. The van der Waals surface area contributed by atoms with Crippen LogP contribution in [0.5, 0.6) is 5.75 Å². The van der Waals surface area contributed by atoms with Crippen molar-refractivity contribution in [2.75, 3.05) is 12.0 Å². The topological polar surface area (TPSA) is 75.7 Å². The van der Waals surface area contributed by atoms with Crippen LogP contribution in [0.1, 0.15) is 11.1 Å². The number of barbiturate groups is 1. The van der Waals surface area contributed by atoms with Crippen molar-refractivity contribution in [2.24, 2.45) is 0 Å². The molecule has 0 atom stereocenters. The number of anilines is 1. The highest BCUT2D eigenvalue weighted by molar-refractivity contribution is 6.40. The third kappa shape index (κ3) is 3.67. The summed E-state index contributed by atoms with van der Waals surface area (Å²) in [4.78, 5) is 38.1. The maximum absolute atomic E-state index is 12.8. The van der Waals surface area contributed by atoms with Gasteiger partial charge < -0.3 is 4.74 Å². The van der Waals surface area contributed by atoms with Gasteiger partial charge in [0.15, 0.2) is 5.75 Å². The van der Waals surface area contributed by atoms with Gasteiger partial charge in [0.05, 0.1) is 22.8 Å². The van der Waals surface area contributed by atoms with Crippen molar-refractivity contribution in [3.63, 3.8) is 0 Å². The maximum Gasteiger partial charge on any atom is 0.335 e. The lowest BCUT2D eigenvalue weighted by atomic mass is 10.1. The van der Waals surface area contributed by atoms with Crippen LogP contribution in [0.4, 0.5) is 10.5 Å². The summed E-state index contributed by atoms with van der Waals surface area (Å²) >= 11 is 12.2. The number of amides is 4. The first-order chi connectivity index (χ1) is 12.8. The van der Waals surface area contributed by atoms with Crippen LogP contribution in [-0.2, 0) is 9.59 Å². The normalized spacial score (nSPS) is 15.9. The van der Waals surface area contributed by atoms with Crippen LogP contribution in [0.15, 0.2) is 42.0 Å². The lowest BCUT2D eigenvalue weighted by Gasteiger charge is -2.26. The van der Waals surface area contributed by atoms with Crippen molar-refractivity contribution >= 4 is 52.8 Å². The van der Waals surface area contributed by atoms with E-state index in [1.165, 1.54) is 25.3 Å². The standard InChI is InChI=1S/C19H14Cl2N2O4/c1-10-3-5-12(6-4-10)23-18(25)13(17(24)22-19(23)26)7-11-8-14(20)16(27-2)15(21)9-11/h3-9H,1-2H3,(H,22,24,26). The average Bonchev–Trinajstić information content (AvgIpc) is 2.60. The Bertz CT molecular complexity index is 961. The van der Waals surface area contributed by atoms with E-state index in [2.05, 4.69) is 5.32 Å². The summed E-state index contributed by atoms with van der Waals surface area (Å²) in [6, 6.07) is 8.98.